The van der Waals surface area contributed by atoms with Gasteiger partial charge in [0.15, 0.2) is 11.9 Å². The Morgan fingerprint density at radius 1 is 1.53 bits per heavy atom. The van der Waals surface area contributed by atoms with Crippen molar-refractivity contribution in [3.05, 3.63) is 34.1 Å². The molecule has 0 spiro atoms. The number of hydrogen-bond donors (Lipinski definition) is 1. The summed E-state index contributed by atoms with van der Waals surface area (Å²) in [5.41, 5.74) is -0.478. The number of carbonyl (C=O) groups is 1. The van der Waals surface area contributed by atoms with E-state index in [1.165, 1.54) is 12.3 Å². The minimum Gasteiger partial charge on any atom is -0.499 e. The Hall–Kier alpha value is -2.37. The highest BCUT2D eigenvalue weighted by molar-refractivity contribution is 6.00. The van der Waals surface area contributed by atoms with Crippen LogP contribution in [0.2, 0.25) is 0 Å². The van der Waals surface area contributed by atoms with Crippen LogP contribution in [0.4, 0.5) is 5.69 Å². The molecule has 2 rings (SSSR count). The number of nitro groups is 1. The van der Waals surface area contributed by atoms with Crippen molar-refractivity contribution in [1.82, 2.24) is 0 Å². The van der Waals surface area contributed by atoms with E-state index in [1.807, 2.05) is 0 Å². The monoisotopic (exact) mass is 207 g/mol. The maximum atomic E-state index is 10.7. The Bertz CT molecular complexity index is 557. The third kappa shape index (κ3) is 1.23. The smallest absolute Gasteiger partial charge is 0.315 e. The molecule has 6 heteroatoms. The number of hydrogen-bond acceptors (Lipinski definition) is 5. The minimum atomic E-state index is -0.774. The van der Waals surface area contributed by atoms with Crippen molar-refractivity contribution < 1.29 is 19.2 Å². The van der Waals surface area contributed by atoms with Crippen LogP contribution in [0, 0.1) is 10.1 Å². The molecule has 0 saturated heterocycles. The van der Waals surface area contributed by atoms with Crippen molar-refractivity contribution in [3.8, 4) is 5.75 Å². The highest BCUT2D eigenvalue weighted by Crippen LogP contribution is 2.36. The number of phenolic OH excluding ortho intramolecular Hbond substituents is 1. The second kappa shape index (κ2) is 3.09. The molecule has 0 fully saturated rings. The number of fused-ring (bicyclic) bond motifs is 1. The first kappa shape index (κ1) is 9.20. The molecular weight excluding hydrogens is 202 g/mol. The van der Waals surface area contributed by atoms with Crippen molar-refractivity contribution in [1.29, 1.82) is 0 Å². The van der Waals surface area contributed by atoms with Crippen LogP contribution < -0.4 is 0 Å². The first-order chi connectivity index (χ1) is 7.15. The summed E-state index contributed by atoms with van der Waals surface area (Å²) in [6.45, 7) is 0. The van der Waals surface area contributed by atoms with Crippen molar-refractivity contribution in [2.75, 3.05) is 0 Å². The number of aldehydes is 1. The topological polar surface area (TPSA) is 93.6 Å². The summed E-state index contributed by atoms with van der Waals surface area (Å²) in [6.07, 6.45) is 1.73. The second-order valence-electron chi connectivity index (χ2n) is 2.87. The number of nitrogens with zero attached hydrogens (tertiary/aromatic N) is 1. The Morgan fingerprint density at radius 2 is 2.27 bits per heavy atom. The first-order valence-corrected chi connectivity index (χ1v) is 3.98. The molecule has 0 aliphatic carbocycles. The van der Waals surface area contributed by atoms with Gasteiger partial charge in [0.2, 0.25) is 5.75 Å². The summed E-state index contributed by atoms with van der Waals surface area (Å²) in [4.78, 5) is 20.4. The van der Waals surface area contributed by atoms with Gasteiger partial charge in [-0.1, -0.05) is 0 Å². The number of carbonyl (C=O) groups excluding carboxylic acids is 1. The molecule has 0 aliphatic heterocycles. The number of phenols is 1. The van der Waals surface area contributed by atoms with Crippen molar-refractivity contribution >= 4 is 22.9 Å². The van der Waals surface area contributed by atoms with Crippen LogP contribution in [0.25, 0.3) is 11.0 Å². The molecule has 0 unspecified atom stereocenters. The van der Waals surface area contributed by atoms with Crippen molar-refractivity contribution in [3.63, 3.8) is 0 Å². The van der Waals surface area contributed by atoms with Crippen LogP contribution in [0.15, 0.2) is 22.8 Å². The lowest BCUT2D eigenvalue weighted by Gasteiger charge is -1.98. The summed E-state index contributed by atoms with van der Waals surface area (Å²) in [5, 5.41) is 20.4. The molecule has 1 aromatic carbocycles. The number of furan rings is 1. The molecule has 2 aromatic rings. The minimum absolute atomic E-state index is 0.0497. The van der Waals surface area contributed by atoms with E-state index < -0.39 is 16.4 Å². The van der Waals surface area contributed by atoms with Crippen molar-refractivity contribution in [2.45, 2.75) is 0 Å². The van der Waals surface area contributed by atoms with Gasteiger partial charge >= 0.3 is 5.69 Å². The van der Waals surface area contributed by atoms with E-state index in [9.17, 15) is 20.0 Å². The van der Waals surface area contributed by atoms with E-state index in [1.54, 1.807) is 0 Å². The highest BCUT2D eigenvalue weighted by atomic mass is 16.6. The van der Waals surface area contributed by atoms with Crippen molar-refractivity contribution in [2.24, 2.45) is 0 Å². The second-order valence-corrected chi connectivity index (χ2v) is 2.87. The van der Waals surface area contributed by atoms with Gasteiger partial charge in [-0.25, -0.2) is 0 Å². The Kier molecular flexibility index (Phi) is 1.89. The van der Waals surface area contributed by atoms with Gasteiger partial charge in [-0.05, 0) is 6.07 Å². The number of benzene rings is 1. The summed E-state index contributed by atoms with van der Waals surface area (Å²) in [6, 6.07) is 2.47. The molecule has 0 radical (unpaired) electrons. The molecule has 0 atom stereocenters. The van der Waals surface area contributed by atoms with Gasteiger partial charge in [0.1, 0.15) is 0 Å². The van der Waals surface area contributed by atoms with Crippen LogP contribution >= 0.6 is 0 Å². The van der Waals surface area contributed by atoms with Crippen LogP contribution in [0.5, 0.6) is 5.75 Å². The zero-order valence-corrected chi connectivity index (χ0v) is 7.34. The number of rotatable bonds is 2. The van der Waals surface area contributed by atoms with Crippen LogP contribution in [0.3, 0.4) is 0 Å². The summed E-state index contributed by atoms with van der Waals surface area (Å²) in [5.74, 6) is -0.564. The summed E-state index contributed by atoms with van der Waals surface area (Å²) in [7, 11) is 0. The number of aromatic hydroxyl groups is 1. The molecule has 1 heterocycles. The molecular formula is C9H5NO5. The van der Waals surface area contributed by atoms with E-state index in [4.69, 9.17) is 4.42 Å². The van der Waals surface area contributed by atoms with E-state index in [0.29, 0.717) is 11.7 Å². The van der Waals surface area contributed by atoms with E-state index in [0.717, 1.165) is 6.07 Å². The lowest BCUT2D eigenvalue weighted by atomic mass is 10.1. The molecule has 0 aliphatic rings. The predicted octanol–water partition coefficient (Wildman–Crippen LogP) is 1.86. The molecule has 0 bridgehead atoms. The average Bonchev–Trinajstić information content (AvgIpc) is 2.67. The normalized spacial score (nSPS) is 10.4. The zero-order valence-electron chi connectivity index (χ0n) is 7.34. The molecule has 1 aromatic heterocycles. The lowest BCUT2D eigenvalue weighted by molar-refractivity contribution is -0.385. The Balaban J connectivity index is 2.90. The Labute approximate surface area is 82.9 Å². The van der Waals surface area contributed by atoms with Gasteiger partial charge < -0.3 is 9.52 Å². The van der Waals surface area contributed by atoms with Crippen LogP contribution in [-0.2, 0) is 0 Å². The maximum absolute atomic E-state index is 10.7. The lowest BCUT2D eigenvalue weighted by Crippen LogP contribution is -1.91. The zero-order chi connectivity index (χ0) is 11.0. The van der Waals surface area contributed by atoms with E-state index >= 15 is 0 Å². The summed E-state index contributed by atoms with van der Waals surface area (Å²) >= 11 is 0. The van der Waals surface area contributed by atoms with Gasteiger partial charge in [0, 0.05) is 17.0 Å². The average molecular weight is 207 g/mol. The van der Waals surface area contributed by atoms with Gasteiger partial charge in [0.25, 0.3) is 0 Å². The molecule has 0 saturated carbocycles. The maximum Gasteiger partial charge on any atom is 0.315 e. The molecule has 15 heavy (non-hydrogen) atoms. The SMILES string of the molecule is O=Cc1cc([N+](=O)[O-])c(O)c2occc12. The fourth-order valence-electron chi connectivity index (χ4n) is 1.37. The standard InChI is InChI=1S/C9H5NO5/c11-4-5-3-7(10(13)14)8(12)9-6(5)1-2-15-9/h1-4,12H. The fourth-order valence-corrected chi connectivity index (χ4v) is 1.37. The van der Waals surface area contributed by atoms with Gasteiger partial charge in [-0.15, -0.1) is 0 Å². The van der Waals surface area contributed by atoms with Crippen LogP contribution in [-0.4, -0.2) is 16.3 Å². The largest absolute Gasteiger partial charge is 0.499 e. The molecule has 1 N–H and O–H groups in total. The molecule has 6 nitrogen and oxygen atoms in total. The quantitative estimate of drug-likeness (QED) is 0.460. The molecule has 76 valence electrons. The van der Waals surface area contributed by atoms with E-state index in [-0.39, 0.29) is 11.1 Å². The summed E-state index contributed by atoms with van der Waals surface area (Å²) < 4.78 is 4.87. The predicted molar refractivity (Wildman–Crippen MR) is 49.9 cm³/mol. The van der Waals surface area contributed by atoms with Crippen LogP contribution in [0.1, 0.15) is 10.4 Å². The van der Waals surface area contributed by atoms with Gasteiger partial charge in [0.05, 0.1) is 11.2 Å². The Morgan fingerprint density at radius 3 is 2.87 bits per heavy atom. The number of nitro benzene ring substituents is 1. The highest BCUT2D eigenvalue weighted by Gasteiger charge is 2.21. The molecule has 0 amide bonds. The van der Waals surface area contributed by atoms with Gasteiger partial charge in [-0.3, -0.25) is 14.9 Å². The van der Waals surface area contributed by atoms with E-state index in [2.05, 4.69) is 0 Å². The first-order valence-electron chi connectivity index (χ1n) is 3.98. The van der Waals surface area contributed by atoms with Gasteiger partial charge in [-0.2, -0.15) is 0 Å². The third-order valence-electron chi connectivity index (χ3n) is 2.05. The fraction of sp³-hybridized carbons (Fsp3) is 0. The third-order valence-corrected chi connectivity index (χ3v) is 2.05.